The van der Waals surface area contributed by atoms with Crippen LogP contribution in [0.15, 0.2) is 24.3 Å². The molecule has 1 fully saturated rings. The second kappa shape index (κ2) is 8.78. The smallest absolute Gasteiger partial charge is 0.224 e. The standard InChI is InChI=1S/C18H23F2N5O2S/c1-13-8-17(25-6-2-3-7-25)24-18(23-13)21-4-5-22-28(26,27)12-14-9-15(19)11-16(20)10-14/h8-11,22H,2-7,12H2,1H3,(H,21,23,24). The summed E-state index contributed by atoms with van der Waals surface area (Å²) in [6.45, 7) is 4.19. The number of hydrogen-bond donors (Lipinski definition) is 2. The lowest BCUT2D eigenvalue weighted by Gasteiger charge is -2.17. The SMILES string of the molecule is Cc1cc(N2CCCC2)nc(NCCNS(=O)(=O)Cc2cc(F)cc(F)c2)n1. The van der Waals surface area contributed by atoms with E-state index in [9.17, 15) is 17.2 Å². The highest BCUT2D eigenvalue weighted by atomic mass is 32.2. The van der Waals surface area contributed by atoms with E-state index in [1.807, 2.05) is 13.0 Å². The number of nitrogens with one attached hydrogen (secondary N) is 2. The molecule has 1 aromatic carbocycles. The molecule has 1 saturated heterocycles. The lowest BCUT2D eigenvalue weighted by atomic mass is 10.2. The van der Waals surface area contributed by atoms with Crippen molar-refractivity contribution in [2.24, 2.45) is 0 Å². The number of nitrogens with zero attached hydrogens (tertiary/aromatic N) is 3. The monoisotopic (exact) mass is 411 g/mol. The Morgan fingerprint density at radius 3 is 2.39 bits per heavy atom. The van der Waals surface area contributed by atoms with E-state index >= 15 is 0 Å². The summed E-state index contributed by atoms with van der Waals surface area (Å²) in [5, 5.41) is 3.01. The Labute approximate surface area is 163 Å². The fourth-order valence-corrected chi connectivity index (χ4v) is 4.21. The summed E-state index contributed by atoms with van der Waals surface area (Å²) in [6, 6.07) is 4.63. The van der Waals surface area contributed by atoms with Crippen LogP contribution < -0.4 is 14.9 Å². The number of aromatic nitrogens is 2. The minimum absolute atomic E-state index is 0.0511. The molecule has 2 N–H and O–H groups in total. The molecule has 7 nitrogen and oxygen atoms in total. The molecule has 0 saturated carbocycles. The van der Waals surface area contributed by atoms with Crippen LogP contribution in [-0.2, 0) is 15.8 Å². The van der Waals surface area contributed by atoms with Crippen LogP contribution in [0.5, 0.6) is 0 Å². The van der Waals surface area contributed by atoms with Gasteiger partial charge in [-0.25, -0.2) is 26.9 Å². The molecule has 28 heavy (non-hydrogen) atoms. The van der Waals surface area contributed by atoms with Crippen molar-refractivity contribution < 1.29 is 17.2 Å². The molecule has 1 aliphatic rings. The summed E-state index contributed by atoms with van der Waals surface area (Å²) >= 11 is 0. The van der Waals surface area contributed by atoms with Crippen LogP contribution in [-0.4, -0.2) is 44.6 Å². The van der Waals surface area contributed by atoms with E-state index in [1.54, 1.807) is 0 Å². The predicted octanol–water partition coefficient (Wildman–Crippen LogP) is 2.19. The highest BCUT2D eigenvalue weighted by Crippen LogP contribution is 2.19. The number of halogens is 2. The van der Waals surface area contributed by atoms with Crippen LogP contribution in [0, 0.1) is 18.6 Å². The van der Waals surface area contributed by atoms with E-state index in [0.717, 1.165) is 49.6 Å². The van der Waals surface area contributed by atoms with E-state index in [2.05, 4.69) is 24.9 Å². The normalized spacial score (nSPS) is 14.5. The van der Waals surface area contributed by atoms with E-state index in [1.165, 1.54) is 0 Å². The predicted molar refractivity (Wildman–Crippen MR) is 104 cm³/mol. The van der Waals surface area contributed by atoms with Gasteiger partial charge >= 0.3 is 0 Å². The van der Waals surface area contributed by atoms with Crippen LogP contribution in [0.2, 0.25) is 0 Å². The van der Waals surface area contributed by atoms with Crippen molar-refractivity contribution >= 4 is 21.8 Å². The average molecular weight is 411 g/mol. The number of anilines is 2. The zero-order valence-electron chi connectivity index (χ0n) is 15.6. The summed E-state index contributed by atoms with van der Waals surface area (Å²) in [5.41, 5.74) is 0.878. The topological polar surface area (TPSA) is 87.2 Å². The Hall–Kier alpha value is -2.33. The van der Waals surface area contributed by atoms with Gasteiger partial charge in [-0.15, -0.1) is 0 Å². The highest BCUT2D eigenvalue weighted by Gasteiger charge is 2.16. The van der Waals surface area contributed by atoms with E-state index in [0.29, 0.717) is 12.0 Å². The largest absolute Gasteiger partial charge is 0.356 e. The third-order valence-corrected chi connectivity index (χ3v) is 5.64. The Balaban J connectivity index is 1.52. The van der Waals surface area contributed by atoms with Gasteiger partial charge in [0.05, 0.1) is 5.75 Å². The van der Waals surface area contributed by atoms with Crippen LogP contribution >= 0.6 is 0 Å². The van der Waals surface area contributed by atoms with Gasteiger partial charge in [0.1, 0.15) is 17.5 Å². The highest BCUT2D eigenvalue weighted by molar-refractivity contribution is 7.88. The first-order chi connectivity index (χ1) is 13.3. The molecule has 3 rings (SSSR count). The Bertz CT molecular complexity index is 913. The lowest BCUT2D eigenvalue weighted by molar-refractivity contribution is 0.575. The molecule has 0 spiro atoms. The second-order valence-corrected chi connectivity index (χ2v) is 8.55. The van der Waals surface area contributed by atoms with Gasteiger partial charge in [-0.05, 0) is 37.5 Å². The van der Waals surface area contributed by atoms with Crippen molar-refractivity contribution in [1.82, 2.24) is 14.7 Å². The van der Waals surface area contributed by atoms with Crippen LogP contribution in [0.4, 0.5) is 20.5 Å². The number of benzene rings is 1. The first-order valence-corrected chi connectivity index (χ1v) is 10.7. The van der Waals surface area contributed by atoms with Crippen LogP contribution in [0.25, 0.3) is 0 Å². The van der Waals surface area contributed by atoms with Crippen molar-refractivity contribution in [1.29, 1.82) is 0 Å². The molecule has 0 bridgehead atoms. The third kappa shape index (κ3) is 5.83. The van der Waals surface area contributed by atoms with Crippen molar-refractivity contribution in [3.05, 3.63) is 47.2 Å². The molecule has 0 atom stereocenters. The Morgan fingerprint density at radius 1 is 1.04 bits per heavy atom. The number of aryl methyl sites for hydroxylation is 1. The molecular formula is C18H23F2N5O2S. The molecule has 10 heteroatoms. The first kappa shape index (κ1) is 20.4. The molecule has 2 aromatic rings. The van der Waals surface area contributed by atoms with E-state index < -0.39 is 27.4 Å². The van der Waals surface area contributed by atoms with Gasteiger partial charge in [0, 0.05) is 44.0 Å². The summed E-state index contributed by atoms with van der Waals surface area (Å²) in [6.07, 6.45) is 2.28. The summed E-state index contributed by atoms with van der Waals surface area (Å²) in [7, 11) is -3.72. The summed E-state index contributed by atoms with van der Waals surface area (Å²) < 4.78 is 53.0. The number of rotatable bonds is 8. The molecule has 0 aliphatic carbocycles. The Kier molecular flexibility index (Phi) is 6.40. The van der Waals surface area contributed by atoms with Gasteiger partial charge in [0.25, 0.3) is 0 Å². The van der Waals surface area contributed by atoms with Crippen molar-refractivity contribution in [2.45, 2.75) is 25.5 Å². The number of hydrogen-bond acceptors (Lipinski definition) is 6. The quantitative estimate of drug-likeness (QED) is 0.648. The minimum atomic E-state index is -3.72. The third-order valence-electron chi connectivity index (χ3n) is 4.28. The molecule has 0 unspecified atom stereocenters. The first-order valence-electron chi connectivity index (χ1n) is 9.07. The van der Waals surface area contributed by atoms with Crippen molar-refractivity contribution in [3.8, 4) is 0 Å². The maximum Gasteiger partial charge on any atom is 0.224 e. The van der Waals surface area contributed by atoms with Gasteiger partial charge in [0.2, 0.25) is 16.0 Å². The molecular weight excluding hydrogens is 388 g/mol. The van der Waals surface area contributed by atoms with Crippen LogP contribution in [0.3, 0.4) is 0 Å². The fourth-order valence-electron chi connectivity index (χ4n) is 3.08. The van der Waals surface area contributed by atoms with E-state index in [-0.39, 0.29) is 18.7 Å². The van der Waals surface area contributed by atoms with Crippen molar-refractivity contribution in [2.75, 3.05) is 36.4 Å². The number of sulfonamides is 1. The van der Waals surface area contributed by atoms with Gasteiger partial charge in [-0.2, -0.15) is 4.98 Å². The maximum atomic E-state index is 13.2. The molecule has 1 aromatic heterocycles. The maximum absolute atomic E-state index is 13.2. The van der Waals surface area contributed by atoms with Gasteiger partial charge in [0.15, 0.2) is 0 Å². The second-order valence-electron chi connectivity index (χ2n) is 6.74. The summed E-state index contributed by atoms with van der Waals surface area (Å²) in [4.78, 5) is 11.0. The zero-order chi connectivity index (χ0) is 20.1. The van der Waals surface area contributed by atoms with E-state index in [4.69, 9.17) is 0 Å². The lowest BCUT2D eigenvalue weighted by Crippen LogP contribution is -2.30. The van der Waals surface area contributed by atoms with Gasteiger partial charge in [-0.3, -0.25) is 0 Å². The zero-order valence-corrected chi connectivity index (χ0v) is 16.4. The van der Waals surface area contributed by atoms with Gasteiger partial charge in [-0.1, -0.05) is 0 Å². The molecule has 0 radical (unpaired) electrons. The minimum Gasteiger partial charge on any atom is -0.356 e. The van der Waals surface area contributed by atoms with Crippen molar-refractivity contribution in [3.63, 3.8) is 0 Å². The summed E-state index contributed by atoms with van der Waals surface area (Å²) in [5.74, 6) is -0.814. The Morgan fingerprint density at radius 2 is 1.71 bits per heavy atom. The molecule has 2 heterocycles. The molecule has 0 amide bonds. The fraction of sp³-hybridized carbons (Fsp3) is 0.444. The average Bonchev–Trinajstić information content (AvgIpc) is 3.11. The van der Waals surface area contributed by atoms with Crippen LogP contribution in [0.1, 0.15) is 24.1 Å². The molecule has 152 valence electrons. The molecule has 1 aliphatic heterocycles. The van der Waals surface area contributed by atoms with Gasteiger partial charge < -0.3 is 10.2 Å².